The van der Waals surface area contributed by atoms with Crippen molar-refractivity contribution in [3.63, 3.8) is 0 Å². The number of aliphatic hydroxyl groups is 1. The molecule has 2 saturated carbocycles. The average molecular weight is 519 g/mol. The van der Waals surface area contributed by atoms with Crippen LogP contribution in [0, 0.1) is 23.7 Å². The van der Waals surface area contributed by atoms with Gasteiger partial charge in [0.2, 0.25) is 0 Å². The molecule has 2 aliphatic rings. The van der Waals surface area contributed by atoms with Gasteiger partial charge < -0.3 is 0 Å². The number of rotatable bonds is 7. The van der Waals surface area contributed by atoms with E-state index in [1.165, 1.54) is 0 Å². The molecule has 0 saturated heterocycles. The topological polar surface area (TPSA) is 66.7 Å². The zero-order chi connectivity index (χ0) is 23.0. The van der Waals surface area contributed by atoms with Gasteiger partial charge in [-0.05, 0) is 0 Å². The molecule has 0 amide bonds. The molecule has 1 unspecified atom stereocenters. The second kappa shape index (κ2) is 8.98. The van der Waals surface area contributed by atoms with E-state index >= 15 is 0 Å². The number of allylic oxidation sites excluding steroid dienone is 1. The van der Waals surface area contributed by atoms with Gasteiger partial charge in [-0.2, -0.15) is 0 Å². The van der Waals surface area contributed by atoms with Crippen LogP contribution in [0.1, 0.15) is 44.2 Å². The summed E-state index contributed by atoms with van der Waals surface area (Å²) in [6.45, 7) is 6.47. The third-order valence-electron chi connectivity index (χ3n) is 7.73. The minimum absolute atomic E-state index is 0.0143. The van der Waals surface area contributed by atoms with Crippen LogP contribution in [0.3, 0.4) is 0 Å². The summed E-state index contributed by atoms with van der Waals surface area (Å²) < 4.78 is 30.9. The predicted octanol–water partition coefficient (Wildman–Crippen LogP) is 5.84. The molecule has 4 rings (SSSR count). The van der Waals surface area contributed by atoms with Crippen molar-refractivity contribution in [1.29, 1.82) is 0 Å². The predicted molar refractivity (Wildman–Crippen MR) is 131 cm³/mol. The first kappa shape index (κ1) is 23.6. The Kier molecular flexibility index (Phi) is 6.61. The maximum absolute atomic E-state index is 13.2. The number of benzene rings is 2. The van der Waals surface area contributed by atoms with Gasteiger partial charge in [-0.3, -0.25) is 0 Å². The van der Waals surface area contributed by atoms with Crippen LogP contribution in [-0.2, 0) is 10.0 Å². The Bertz CT molecular complexity index is 1120. The van der Waals surface area contributed by atoms with Gasteiger partial charge in [0.15, 0.2) is 0 Å². The molecule has 2 aromatic carbocycles. The Morgan fingerprint density at radius 2 is 1.81 bits per heavy atom. The summed E-state index contributed by atoms with van der Waals surface area (Å²) in [5, 5.41) is 12.4. The van der Waals surface area contributed by atoms with Crippen LogP contribution in [0.2, 0.25) is 10.6 Å². The summed E-state index contributed by atoms with van der Waals surface area (Å²) in [4.78, 5) is 0.261. The van der Waals surface area contributed by atoms with E-state index in [1.54, 1.807) is 12.1 Å². The number of aliphatic hydroxyl groups excluding tert-OH is 1. The first-order valence-corrected chi connectivity index (χ1v) is 15.9. The third kappa shape index (κ3) is 4.43. The molecule has 6 heteroatoms. The molecule has 0 radical (unpaired) electrons. The van der Waals surface area contributed by atoms with Crippen molar-refractivity contribution >= 4 is 29.8 Å². The quantitative estimate of drug-likeness (QED) is 0.468. The fourth-order valence-electron chi connectivity index (χ4n) is 5.54. The van der Waals surface area contributed by atoms with Crippen LogP contribution < -0.4 is 0 Å². The number of aryl methyl sites for hydroxylation is 1. The van der Waals surface area contributed by atoms with E-state index in [4.69, 9.17) is 0 Å². The number of nitrogens with zero attached hydrogens (tertiary/aromatic N) is 1. The molecule has 4 atom stereocenters. The SMILES string of the molecule is Cc1ccc(S(=O)(=O)/N=[Se](\C/C=C/c2ccccc2)C[C@]23CC[C@H](C[C@H]2O)C3(C)C)cc1. The van der Waals surface area contributed by atoms with Crippen molar-refractivity contribution < 1.29 is 13.5 Å². The van der Waals surface area contributed by atoms with Gasteiger partial charge in [0.05, 0.1) is 0 Å². The Hall–Kier alpha value is -1.59. The summed E-state index contributed by atoms with van der Waals surface area (Å²) in [6, 6.07) is 17.0. The van der Waals surface area contributed by atoms with E-state index in [2.05, 4.69) is 29.4 Å². The van der Waals surface area contributed by atoms with Crippen molar-refractivity contribution in [3.8, 4) is 0 Å². The molecule has 0 heterocycles. The van der Waals surface area contributed by atoms with E-state index in [-0.39, 0.29) is 21.8 Å². The summed E-state index contributed by atoms with van der Waals surface area (Å²) in [5.74, 6) is 0.512. The van der Waals surface area contributed by atoms with Gasteiger partial charge >= 0.3 is 197 Å². The number of hydrogen-bond donors (Lipinski definition) is 1. The standard InChI is InChI=1S/C26H33NO3SSe/c1-20-11-13-23(14-12-20)31(29,30)27-32(17-7-10-21-8-5-4-6-9-21)19-26-16-15-22(18-24(26)28)25(26,2)3/h4-14,22,24,28H,15-19H2,1-3H3/b10-7+/t22-,24-,26-,32?/m1/s1. The second-order valence-electron chi connectivity index (χ2n) is 9.81. The van der Waals surface area contributed by atoms with Gasteiger partial charge in [-0.25, -0.2) is 0 Å². The van der Waals surface area contributed by atoms with Gasteiger partial charge in [0.25, 0.3) is 0 Å². The molecule has 2 aromatic rings. The molecule has 1 N–H and O–H groups in total. The van der Waals surface area contributed by atoms with Crippen LogP contribution in [0.15, 0.2) is 68.9 Å². The zero-order valence-corrected chi connectivity index (χ0v) is 21.6. The second-order valence-corrected chi connectivity index (χ2v) is 15.6. The van der Waals surface area contributed by atoms with Crippen LogP contribution in [-0.4, -0.2) is 33.3 Å². The van der Waals surface area contributed by atoms with E-state index in [0.717, 1.165) is 30.4 Å². The molecular formula is C26H33NO3SSe. The minimum atomic E-state index is -3.72. The normalized spacial score (nSPS) is 27.9. The zero-order valence-electron chi connectivity index (χ0n) is 19.1. The van der Waals surface area contributed by atoms with Gasteiger partial charge in [-0.15, -0.1) is 0 Å². The molecule has 4 nitrogen and oxygen atoms in total. The Morgan fingerprint density at radius 3 is 2.41 bits per heavy atom. The van der Waals surface area contributed by atoms with Gasteiger partial charge in [0.1, 0.15) is 0 Å². The van der Waals surface area contributed by atoms with Crippen LogP contribution in [0.25, 0.3) is 6.08 Å². The molecule has 0 aliphatic heterocycles. The first-order chi connectivity index (χ1) is 15.1. The van der Waals surface area contributed by atoms with Crippen molar-refractivity contribution in [2.24, 2.45) is 20.1 Å². The first-order valence-electron chi connectivity index (χ1n) is 11.3. The van der Waals surface area contributed by atoms with Crippen molar-refractivity contribution in [2.75, 3.05) is 0 Å². The molecular weight excluding hydrogens is 485 g/mol. The monoisotopic (exact) mass is 519 g/mol. The summed E-state index contributed by atoms with van der Waals surface area (Å²) in [7, 11) is -3.72. The number of sulfonamides is 1. The fraction of sp³-hybridized carbons (Fsp3) is 0.462. The Morgan fingerprint density at radius 1 is 1.12 bits per heavy atom. The van der Waals surface area contributed by atoms with E-state index < -0.39 is 23.7 Å². The summed E-state index contributed by atoms with van der Waals surface area (Å²) in [6.07, 6.45) is 6.68. The van der Waals surface area contributed by atoms with Crippen LogP contribution in [0.5, 0.6) is 0 Å². The fourth-order valence-corrected chi connectivity index (χ4v) is 13.2. The maximum atomic E-state index is 13.2. The van der Waals surface area contributed by atoms with E-state index in [9.17, 15) is 13.5 Å². The number of fused-ring (bicyclic) bond motifs is 2. The summed E-state index contributed by atoms with van der Waals surface area (Å²) in [5.41, 5.74) is 1.91. The molecule has 172 valence electrons. The third-order valence-corrected chi connectivity index (χ3v) is 14.6. The Balaban J connectivity index is 1.67. The summed E-state index contributed by atoms with van der Waals surface area (Å²) >= 11 is -1.95. The van der Waals surface area contributed by atoms with E-state index in [1.807, 2.05) is 49.4 Å². The molecule has 0 aromatic heterocycles. The van der Waals surface area contributed by atoms with Crippen molar-refractivity contribution in [3.05, 3.63) is 71.8 Å². The molecule has 32 heavy (non-hydrogen) atoms. The van der Waals surface area contributed by atoms with Crippen molar-refractivity contribution in [2.45, 2.75) is 61.7 Å². The van der Waals surface area contributed by atoms with Gasteiger partial charge in [0, 0.05) is 0 Å². The van der Waals surface area contributed by atoms with Crippen molar-refractivity contribution in [1.82, 2.24) is 0 Å². The average Bonchev–Trinajstić information content (AvgIpc) is 3.09. The van der Waals surface area contributed by atoms with Crippen LogP contribution in [0.4, 0.5) is 0 Å². The van der Waals surface area contributed by atoms with Gasteiger partial charge in [-0.1, -0.05) is 0 Å². The molecule has 2 bridgehead atoms. The Labute approximate surface area is 196 Å². The van der Waals surface area contributed by atoms with E-state index in [0.29, 0.717) is 16.6 Å². The van der Waals surface area contributed by atoms with Crippen LogP contribution >= 0.6 is 0 Å². The number of hydrogen-bond acceptors (Lipinski definition) is 3. The molecule has 0 spiro atoms. The molecule has 2 fully saturated rings. The molecule has 2 aliphatic carbocycles.